The van der Waals surface area contributed by atoms with Gasteiger partial charge in [0.2, 0.25) is 0 Å². The molecule has 1 aromatic heterocycles. The van der Waals surface area contributed by atoms with Crippen LogP contribution in [0.5, 0.6) is 5.75 Å². The van der Waals surface area contributed by atoms with Crippen LogP contribution in [0, 0.1) is 6.92 Å². The molecule has 0 unspecified atom stereocenters. The van der Waals surface area contributed by atoms with Crippen molar-refractivity contribution < 1.29 is 4.74 Å². The number of methoxy groups -OCH3 is 1. The van der Waals surface area contributed by atoms with E-state index in [1.807, 2.05) is 25.1 Å². The normalized spacial score (nSPS) is 10.2. The molecule has 0 spiro atoms. The monoisotopic (exact) mass is 263 g/mol. The van der Waals surface area contributed by atoms with E-state index in [2.05, 4.69) is 15.3 Å². The Hall–Kier alpha value is -1.81. The van der Waals surface area contributed by atoms with Gasteiger partial charge in [0.15, 0.2) is 0 Å². The van der Waals surface area contributed by atoms with Crippen molar-refractivity contribution in [1.29, 1.82) is 0 Å². The van der Waals surface area contributed by atoms with Crippen molar-refractivity contribution in [3.05, 3.63) is 47.0 Å². The van der Waals surface area contributed by atoms with E-state index in [9.17, 15) is 0 Å². The van der Waals surface area contributed by atoms with Gasteiger partial charge in [-0.15, -0.1) is 0 Å². The number of rotatable bonds is 4. The number of benzene rings is 1. The van der Waals surface area contributed by atoms with E-state index >= 15 is 0 Å². The molecular formula is C13H14ClN3O. The molecule has 0 aliphatic rings. The van der Waals surface area contributed by atoms with Crippen LogP contribution in [0.15, 0.2) is 30.5 Å². The summed E-state index contributed by atoms with van der Waals surface area (Å²) in [6.07, 6.45) is 1.74. The summed E-state index contributed by atoms with van der Waals surface area (Å²) in [5.74, 6) is 1.52. The third-order valence-electron chi connectivity index (χ3n) is 2.47. The molecular weight excluding hydrogens is 250 g/mol. The number of hydrogen-bond donors (Lipinski definition) is 1. The van der Waals surface area contributed by atoms with Crippen molar-refractivity contribution in [2.24, 2.45) is 0 Å². The Morgan fingerprint density at radius 1 is 1.33 bits per heavy atom. The zero-order valence-corrected chi connectivity index (χ0v) is 11.0. The summed E-state index contributed by atoms with van der Waals surface area (Å²) in [4.78, 5) is 8.37. The van der Waals surface area contributed by atoms with E-state index in [-0.39, 0.29) is 0 Å². The number of ether oxygens (including phenoxy) is 1. The van der Waals surface area contributed by atoms with Gasteiger partial charge < -0.3 is 10.1 Å². The fourth-order valence-corrected chi connectivity index (χ4v) is 1.74. The van der Waals surface area contributed by atoms with E-state index in [0.717, 1.165) is 23.0 Å². The summed E-state index contributed by atoms with van der Waals surface area (Å²) < 4.78 is 5.16. The molecule has 1 heterocycles. The summed E-state index contributed by atoms with van der Waals surface area (Å²) in [6.45, 7) is 2.46. The number of aromatic nitrogens is 2. The van der Waals surface area contributed by atoms with Crippen LogP contribution < -0.4 is 10.1 Å². The first-order chi connectivity index (χ1) is 8.69. The number of aryl methyl sites for hydroxylation is 1. The van der Waals surface area contributed by atoms with Crippen LogP contribution in [-0.2, 0) is 6.54 Å². The number of nitrogens with zero attached hydrogens (tertiary/aromatic N) is 2. The largest absolute Gasteiger partial charge is 0.497 e. The first-order valence-electron chi connectivity index (χ1n) is 5.55. The van der Waals surface area contributed by atoms with Gasteiger partial charge in [0.25, 0.3) is 0 Å². The number of hydrogen-bond acceptors (Lipinski definition) is 4. The fourth-order valence-electron chi connectivity index (χ4n) is 1.56. The molecule has 0 amide bonds. The zero-order chi connectivity index (χ0) is 13.0. The maximum absolute atomic E-state index is 6.10. The Labute approximate surface area is 111 Å². The van der Waals surface area contributed by atoms with Gasteiger partial charge in [0, 0.05) is 12.3 Å². The topological polar surface area (TPSA) is 47.0 Å². The first kappa shape index (κ1) is 12.6. The fraction of sp³-hybridized carbons (Fsp3) is 0.231. The number of halogens is 1. The van der Waals surface area contributed by atoms with Gasteiger partial charge >= 0.3 is 0 Å². The standard InChI is InChI=1S/C13H14ClN3O/c1-9-15-6-5-10(17-9)8-16-13-7-11(18-2)3-4-12(13)14/h3-7,16H,8H2,1-2H3. The van der Waals surface area contributed by atoms with Crippen molar-refractivity contribution in [3.63, 3.8) is 0 Å². The highest BCUT2D eigenvalue weighted by Gasteiger charge is 2.03. The predicted octanol–water partition coefficient (Wildman–Crippen LogP) is 3.06. The van der Waals surface area contributed by atoms with Crippen LogP contribution in [0.4, 0.5) is 5.69 Å². The Kier molecular flexibility index (Phi) is 3.99. The SMILES string of the molecule is COc1ccc(Cl)c(NCc2ccnc(C)n2)c1. The van der Waals surface area contributed by atoms with Crippen molar-refractivity contribution in [1.82, 2.24) is 9.97 Å². The quantitative estimate of drug-likeness (QED) is 0.921. The molecule has 0 atom stereocenters. The van der Waals surface area contributed by atoms with Crippen LogP contribution in [0.1, 0.15) is 11.5 Å². The molecule has 2 rings (SSSR count). The van der Waals surface area contributed by atoms with Gasteiger partial charge in [0.1, 0.15) is 11.6 Å². The molecule has 1 N–H and O–H groups in total. The second-order valence-electron chi connectivity index (χ2n) is 3.79. The van der Waals surface area contributed by atoms with Crippen molar-refractivity contribution in [3.8, 4) is 5.75 Å². The summed E-state index contributed by atoms with van der Waals surface area (Å²) in [5, 5.41) is 3.88. The summed E-state index contributed by atoms with van der Waals surface area (Å²) in [6, 6.07) is 7.35. The smallest absolute Gasteiger partial charge is 0.125 e. The molecule has 5 heteroatoms. The molecule has 4 nitrogen and oxygen atoms in total. The average molecular weight is 264 g/mol. The van der Waals surface area contributed by atoms with Crippen LogP contribution in [0.3, 0.4) is 0 Å². The molecule has 0 aliphatic carbocycles. The lowest BCUT2D eigenvalue weighted by Gasteiger charge is -2.09. The molecule has 0 aliphatic heterocycles. The lowest BCUT2D eigenvalue weighted by atomic mass is 10.3. The molecule has 0 fully saturated rings. The molecule has 18 heavy (non-hydrogen) atoms. The Bertz CT molecular complexity index is 546. The molecule has 1 aromatic carbocycles. The Morgan fingerprint density at radius 3 is 2.89 bits per heavy atom. The molecule has 0 bridgehead atoms. The average Bonchev–Trinajstić information content (AvgIpc) is 2.38. The first-order valence-corrected chi connectivity index (χ1v) is 5.93. The third-order valence-corrected chi connectivity index (χ3v) is 2.80. The van der Waals surface area contributed by atoms with Crippen LogP contribution in [0.2, 0.25) is 5.02 Å². The highest BCUT2D eigenvalue weighted by molar-refractivity contribution is 6.33. The van der Waals surface area contributed by atoms with E-state index in [1.54, 1.807) is 19.4 Å². The molecule has 94 valence electrons. The van der Waals surface area contributed by atoms with Gasteiger partial charge in [-0.1, -0.05) is 11.6 Å². The van der Waals surface area contributed by atoms with Gasteiger partial charge in [-0.2, -0.15) is 0 Å². The lowest BCUT2D eigenvalue weighted by Crippen LogP contribution is -2.03. The molecule has 0 saturated heterocycles. The van der Waals surface area contributed by atoms with Gasteiger partial charge in [-0.25, -0.2) is 9.97 Å². The maximum atomic E-state index is 6.10. The second-order valence-corrected chi connectivity index (χ2v) is 4.20. The molecule has 0 saturated carbocycles. The summed E-state index contributed by atoms with van der Waals surface area (Å²) in [7, 11) is 1.63. The van der Waals surface area contributed by atoms with Crippen molar-refractivity contribution in [2.45, 2.75) is 13.5 Å². The summed E-state index contributed by atoms with van der Waals surface area (Å²) in [5.41, 5.74) is 1.74. The second kappa shape index (κ2) is 5.69. The van der Waals surface area contributed by atoms with Gasteiger partial charge in [-0.05, 0) is 25.1 Å². The highest BCUT2D eigenvalue weighted by Crippen LogP contribution is 2.26. The number of anilines is 1. The van der Waals surface area contributed by atoms with Crippen molar-refractivity contribution in [2.75, 3.05) is 12.4 Å². The minimum atomic E-state index is 0.593. The third kappa shape index (κ3) is 3.11. The van der Waals surface area contributed by atoms with Crippen LogP contribution >= 0.6 is 11.6 Å². The van der Waals surface area contributed by atoms with E-state index < -0.39 is 0 Å². The molecule has 2 aromatic rings. The van der Waals surface area contributed by atoms with Gasteiger partial charge in [0.05, 0.1) is 30.1 Å². The van der Waals surface area contributed by atoms with Gasteiger partial charge in [-0.3, -0.25) is 0 Å². The van der Waals surface area contributed by atoms with E-state index in [4.69, 9.17) is 16.3 Å². The van der Waals surface area contributed by atoms with E-state index in [1.165, 1.54) is 0 Å². The van der Waals surface area contributed by atoms with Crippen LogP contribution in [-0.4, -0.2) is 17.1 Å². The van der Waals surface area contributed by atoms with E-state index in [0.29, 0.717) is 11.6 Å². The highest BCUT2D eigenvalue weighted by atomic mass is 35.5. The Balaban J connectivity index is 2.10. The summed E-state index contributed by atoms with van der Waals surface area (Å²) >= 11 is 6.10. The van der Waals surface area contributed by atoms with Crippen LogP contribution in [0.25, 0.3) is 0 Å². The predicted molar refractivity (Wildman–Crippen MR) is 72.1 cm³/mol. The Morgan fingerprint density at radius 2 is 2.17 bits per heavy atom. The minimum absolute atomic E-state index is 0.593. The lowest BCUT2D eigenvalue weighted by molar-refractivity contribution is 0.415. The number of nitrogens with one attached hydrogen (secondary N) is 1. The minimum Gasteiger partial charge on any atom is -0.497 e. The zero-order valence-electron chi connectivity index (χ0n) is 10.3. The van der Waals surface area contributed by atoms with Crippen molar-refractivity contribution >= 4 is 17.3 Å². The molecule has 0 radical (unpaired) electrons. The maximum Gasteiger partial charge on any atom is 0.125 e.